The van der Waals surface area contributed by atoms with Crippen LogP contribution in [0.15, 0.2) is 23.2 Å². The first-order valence-corrected chi connectivity index (χ1v) is 6.90. The Kier molecular flexibility index (Phi) is 4.55. The minimum absolute atomic E-state index is 0.121. The Morgan fingerprint density at radius 2 is 1.95 bits per heavy atom. The molecular formula is C13H18Cl2N4. The van der Waals surface area contributed by atoms with Gasteiger partial charge < -0.3 is 15.5 Å². The van der Waals surface area contributed by atoms with Crippen LogP contribution in [0.2, 0.25) is 10.0 Å². The molecule has 1 aromatic carbocycles. The third-order valence-electron chi connectivity index (χ3n) is 3.15. The van der Waals surface area contributed by atoms with Gasteiger partial charge in [0.25, 0.3) is 0 Å². The van der Waals surface area contributed by atoms with Crippen molar-refractivity contribution in [3.05, 3.63) is 33.8 Å². The number of halogens is 2. The molecule has 0 aromatic heterocycles. The van der Waals surface area contributed by atoms with Crippen LogP contribution in [-0.2, 0) is 0 Å². The van der Waals surface area contributed by atoms with E-state index in [0.717, 1.165) is 18.7 Å². The van der Waals surface area contributed by atoms with Crippen molar-refractivity contribution in [2.24, 2.45) is 10.7 Å². The molecule has 1 heterocycles. The maximum atomic E-state index is 6.06. The standard InChI is InChI=1S/C13H18Cl2N4/c1-18(2)3-4-19-12(8-17-13(19)16)9-5-10(14)7-11(15)6-9/h5-7,12H,3-4,8H2,1-2H3,(H2,16,17). The molecule has 1 aliphatic rings. The summed E-state index contributed by atoms with van der Waals surface area (Å²) in [5, 5.41) is 1.28. The van der Waals surface area contributed by atoms with Crippen LogP contribution in [-0.4, -0.2) is 49.5 Å². The van der Waals surface area contributed by atoms with Crippen molar-refractivity contribution >= 4 is 29.2 Å². The van der Waals surface area contributed by atoms with Crippen LogP contribution in [0.25, 0.3) is 0 Å². The highest BCUT2D eigenvalue weighted by Gasteiger charge is 2.27. The van der Waals surface area contributed by atoms with E-state index in [2.05, 4.69) is 14.8 Å². The lowest BCUT2D eigenvalue weighted by Crippen LogP contribution is -2.40. The molecule has 4 nitrogen and oxygen atoms in total. The van der Waals surface area contributed by atoms with E-state index in [-0.39, 0.29) is 6.04 Å². The molecule has 2 rings (SSSR count). The van der Waals surface area contributed by atoms with Crippen molar-refractivity contribution in [3.63, 3.8) is 0 Å². The molecule has 1 atom stereocenters. The van der Waals surface area contributed by atoms with Gasteiger partial charge in [0.2, 0.25) is 0 Å². The van der Waals surface area contributed by atoms with E-state index in [0.29, 0.717) is 22.5 Å². The van der Waals surface area contributed by atoms with Gasteiger partial charge in [-0.3, -0.25) is 4.99 Å². The monoisotopic (exact) mass is 300 g/mol. The average molecular weight is 301 g/mol. The third-order valence-corrected chi connectivity index (χ3v) is 3.59. The first-order valence-electron chi connectivity index (χ1n) is 6.14. The summed E-state index contributed by atoms with van der Waals surface area (Å²) in [6.45, 7) is 2.40. The molecule has 1 aromatic rings. The maximum absolute atomic E-state index is 6.06. The zero-order valence-corrected chi connectivity index (χ0v) is 12.6. The second-order valence-corrected chi connectivity index (χ2v) is 5.79. The fourth-order valence-electron chi connectivity index (χ4n) is 2.16. The molecule has 0 fully saturated rings. The Labute approximate surface area is 123 Å². The van der Waals surface area contributed by atoms with E-state index in [9.17, 15) is 0 Å². The molecule has 0 bridgehead atoms. The van der Waals surface area contributed by atoms with Crippen LogP contribution in [0, 0.1) is 0 Å². The van der Waals surface area contributed by atoms with Gasteiger partial charge in [-0.25, -0.2) is 0 Å². The summed E-state index contributed by atoms with van der Waals surface area (Å²) in [4.78, 5) is 8.55. The van der Waals surface area contributed by atoms with Crippen LogP contribution >= 0.6 is 23.2 Å². The molecular weight excluding hydrogens is 283 g/mol. The Morgan fingerprint density at radius 1 is 1.32 bits per heavy atom. The number of hydrogen-bond donors (Lipinski definition) is 1. The minimum Gasteiger partial charge on any atom is -0.370 e. The summed E-state index contributed by atoms with van der Waals surface area (Å²) in [5.41, 5.74) is 7.02. The highest BCUT2D eigenvalue weighted by atomic mass is 35.5. The van der Waals surface area contributed by atoms with Gasteiger partial charge in [-0.15, -0.1) is 0 Å². The van der Waals surface area contributed by atoms with Crippen molar-refractivity contribution in [1.29, 1.82) is 0 Å². The molecule has 0 saturated heterocycles. The topological polar surface area (TPSA) is 44.9 Å². The molecule has 2 N–H and O–H groups in total. The van der Waals surface area contributed by atoms with Gasteiger partial charge in [0.1, 0.15) is 0 Å². The fourth-order valence-corrected chi connectivity index (χ4v) is 2.70. The molecule has 1 aliphatic heterocycles. The lowest BCUT2D eigenvalue weighted by atomic mass is 10.1. The number of benzene rings is 1. The first-order chi connectivity index (χ1) is 8.97. The zero-order chi connectivity index (χ0) is 14.0. The number of guanidine groups is 1. The highest BCUT2D eigenvalue weighted by molar-refractivity contribution is 6.34. The normalized spacial score (nSPS) is 19.1. The minimum atomic E-state index is 0.121. The average Bonchev–Trinajstić information content (AvgIpc) is 2.66. The van der Waals surface area contributed by atoms with Crippen LogP contribution in [0.5, 0.6) is 0 Å². The number of hydrogen-bond acceptors (Lipinski definition) is 4. The van der Waals surface area contributed by atoms with E-state index in [1.165, 1.54) is 0 Å². The van der Waals surface area contributed by atoms with Crippen molar-refractivity contribution < 1.29 is 0 Å². The van der Waals surface area contributed by atoms with Crippen molar-refractivity contribution in [1.82, 2.24) is 9.80 Å². The largest absolute Gasteiger partial charge is 0.370 e. The Balaban J connectivity index is 2.18. The van der Waals surface area contributed by atoms with E-state index in [1.807, 2.05) is 26.2 Å². The second kappa shape index (κ2) is 5.99. The van der Waals surface area contributed by atoms with Gasteiger partial charge in [-0.05, 0) is 37.9 Å². The molecule has 0 aliphatic carbocycles. The lowest BCUT2D eigenvalue weighted by molar-refractivity contribution is 0.293. The molecule has 0 amide bonds. The Hall–Kier alpha value is -0.970. The van der Waals surface area contributed by atoms with Crippen molar-refractivity contribution in [3.8, 4) is 0 Å². The van der Waals surface area contributed by atoms with E-state index >= 15 is 0 Å². The van der Waals surface area contributed by atoms with Crippen molar-refractivity contribution in [2.45, 2.75) is 6.04 Å². The number of nitrogens with zero attached hydrogens (tertiary/aromatic N) is 3. The summed E-state index contributed by atoms with van der Waals surface area (Å²) >= 11 is 12.1. The predicted octanol–water partition coefficient (Wildman–Crippen LogP) is 2.23. The van der Waals surface area contributed by atoms with E-state index in [1.54, 1.807) is 6.07 Å². The van der Waals surface area contributed by atoms with Gasteiger partial charge in [0.05, 0.1) is 12.6 Å². The number of nitrogens with two attached hydrogens (primary N) is 1. The van der Waals surface area contributed by atoms with E-state index < -0.39 is 0 Å². The van der Waals surface area contributed by atoms with Crippen molar-refractivity contribution in [2.75, 3.05) is 33.7 Å². The quantitative estimate of drug-likeness (QED) is 0.927. The fraction of sp³-hybridized carbons (Fsp3) is 0.462. The summed E-state index contributed by atoms with van der Waals surface area (Å²) in [5.74, 6) is 0.586. The van der Waals surface area contributed by atoms with Crippen LogP contribution < -0.4 is 5.73 Å². The number of rotatable bonds is 4. The van der Waals surface area contributed by atoms with Crippen LogP contribution in [0.3, 0.4) is 0 Å². The first kappa shape index (κ1) is 14.4. The molecule has 1 unspecified atom stereocenters. The zero-order valence-electron chi connectivity index (χ0n) is 11.1. The maximum Gasteiger partial charge on any atom is 0.191 e. The SMILES string of the molecule is CN(C)CCN1C(N)=NCC1c1cc(Cl)cc(Cl)c1. The third kappa shape index (κ3) is 3.53. The van der Waals surface area contributed by atoms with Gasteiger partial charge in [0, 0.05) is 23.1 Å². The molecule has 104 valence electrons. The summed E-state index contributed by atoms with van der Waals surface area (Å²) in [6.07, 6.45) is 0. The number of aliphatic imine (C=N–C) groups is 1. The van der Waals surface area contributed by atoms with Gasteiger partial charge >= 0.3 is 0 Å². The molecule has 0 saturated carbocycles. The van der Waals surface area contributed by atoms with Gasteiger partial charge in [-0.2, -0.15) is 0 Å². The summed E-state index contributed by atoms with van der Waals surface area (Å²) in [7, 11) is 4.07. The van der Waals surface area contributed by atoms with Gasteiger partial charge in [-0.1, -0.05) is 23.2 Å². The molecule has 0 radical (unpaired) electrons. The number of likely N-dealkylation sites (N-methyl/N-ethyl adjacent to an activating group) is 1. The smallest absolute Gasteiger partial charge is 0.191 e. The summed E-state index contributed by atoms with van der Waals surface area (Å²) < 4.78 is 0. The molecule has 6 heteroatoms. The molecule has 0 spiro atoms. The van der Waals surface area contributed by atoms with Gasteiger partial charge in [0.15, 0.2) is 5.96 Å². The Bertz CT molecular complexity index is 467. The summed E-state index contributed by atoms with van der Waals surface area (Å²) in [6, 6.07) is 5.70. The Morgan fingerprint density at radius 3 is 2.53 bits per heavy atom. The predicted molar refractivity (Wildman–Crippen MR) is 81.0 cm³/mol. The second-order valence-electron chi connectivity index (χ2n) is 4.91. The molecule has 19 heavy (non-hydrogen) atoms. The van der Waals surface area contributed by atoms with Crippen LogP contribution in [0.1, 0.15) is 11.6 Å². The van der Waals surface area contributed by atoms with E-state index in [4.69, 9.17) is 28.9 Å². The lowest BCUT2D eigenvalue weighted by Gasteiger charge is -2.28. The van der Waals surface area contributed by atoms with Crippen LogP contribution in [0.4, 0.5) is 0 Å². The highest BCUT2D eigenvalue weighted by Crippen LogP contribution is 2.29.